The van der Waals surface area contributed by atoms with Crippen LogP contribution in [0.3, 0.4) is 0 Å². The average molecular weight is 445 g/mol. The van der Waals surface area contributed by atoms with Crippen molar-refractivity contribution in [1.29, 1.82) is 0 Å². The quantitative estimate of drug-likeness (QED) is 0.455. The van der Waals surface area contributed by atoms with Gasteiger partial charge in [0.25, 0.3) is 5.91 Å². The maximum absolute atomic E-state index is 12.1. The predicted octanol–water partition coefficient (Wildman–Crippen LogP) is 3.53. The zero-order valence-corrected chi connectivity index (χ0v) is 18.5. The number of benzene rings is 2. The van der Waals surface area contributed by atoms with Gasteiger partial charge >= 0.3 is 5.97 Å². The van der Waals surface area contributed by atoms with Crippen LogP contribution in [0.1, 0.15) is 39.9 Å². The Morgan fingerprint density at radius 1 is 0.903 bits per heavy atom. The number of esters is 1. The topological polar surface area (TPSA) is 102 Å². The Morgan fingerprint density at radius 3 is 2.13 bits per heavy atom. The molecule has 0 bridgehead atoms. The molecule has 7 nitrogen and oxygen atoms in total. The van der Waals surface area contributed by atoms with Crippen LogP contribution in [0, 0.1) is 20.8 Å². The fourth-order valence-electron chi connectivity index (χ4n) is 3.00. The standard InChI is InChI=1S/C23H25ClN2O5/c1-14-10-15(2)23(16(3)11-14)26-20(28)12-25-21(29)13-31-22(30)9-8-19(27)17-4-6-18(24)7-5-17/h4-7,10-11H,8-9,12-13H2,1-3H3,(H,25,29)(H,26,28). The highest BCUT2D eigenvalue weighted by molar-refractivity contribution is 6.30. The SMILES string of the molecule is Cc1cc(C)c(NC(=O)CNC(=O)COC(=O)CCC(=O)c2ccc(Cl)cc2)c(C)c1. The highest BCUT2D eigenvalue weighted by Crippen LogP contribution is 2.21. The number of hydrogen-bond acceptors (Lipinski definition) is 5. The minimum atomic E-state index is -0.673. The van der Waals surface area contributed by atoms with Gasteiger partial charge in [-0.15, -0.1) is 0 Å². The minimum Gasteiger partial charge on any atom is -0.456 e. The molecular formula is C23H25ClN2O5. The highest BCUT2D eigenvalue weighted by Gasteiger charge is 2.13. The molecule has 0 spiro atoms. The summed E-state index contributed by atoms with van der Waals surface area (Å²) in [7, 11) is 0. The van der Waals surface area contributed by atoms with Gasteiger partial charge in [-0.3, -0.25) is 19.2 Å². The van der Waals surface area contributed by atoms with E-state index >= 15 is 0 Å². The Kier molecular flexibility index (Phi) is 8.75. The number of aryl methyl sites for hydroxylation is 3. The number of carbonyl (C=O) groups is 4. The van der Waals surface area contributed by atoms with Crippen molar-refractivity contribution in [3.63, 3.8) is 0 Å². The van der Waals surface area contributed by atoms with Crippen molar-refractivity contribution in [3.05, 3.63) is 63.7 Å². The molecule has 8 heteroatoms. The number of halogens is 1. The normalized spacial score (nSPS) is 10.3. The summed E-state index contributed by atoms with van der Waals surface area (Å²) < 4.78 is 4.86. The number of ether oxygens (including phenoxy) is 1. The highest BCUT2D eigenvalue weighted by atomic mass is 35.5. The van der Waals surface area contributed by atoms with Crippen LogP contribution < -0.4 is 10.6 Å². The third kappa shape index (κ3) is 7.86. The molecule has 0 aliphatic heterocycles. The van der Waals surface area contributed by atoms with Gasteiger partial charge < -0.3 is 15.4 Å². The van der Waals surface area contributed by atoms with Gasteiger partial charge in [0.15, 0.2) is 12.4 Å². The maximum Gasteiger partial charge on any atom is 0.306 e. The van der Waals surface area contributed by atoms with E-state index in [1.807, 2.05) is 32.9 Å². The molecule has 0 saturated heterocycles. The second-order valence-corrected chi connectivity index (χ2v) is 7.63. The van der Waals surface area contributed by atoms with Gasteiger partial charge in [0.05, 0.1) is 13.0 Å². The van der Waals surface area contributed by atoms with E-state index in [2.05, 4.69) is 10.6 Å². The van der Waals surface area contributed by atoms with E-state index in [-0.39, 0.29) is 31.1 Å². The molecule has 2 amide bonds. The number of amides is 2. The van der Waals surface area contributed by atoms with Gasteiger partial charge in [-0.2, -0.15) is 0 Å². The van der Waals surface area contributed by atoms with Crippen LogP contribution in [-0.2, 0) is 19.1 Å². The second kappa shape index (κ2) is 11.3. The zero-order chi connectivity index (χ0) is 23.0. The molecule has 0 saturated carbocycles. The Hall–Kier alpha value is -3.19. The van der Waals surface area contributed by atoms with Crippen LogP contribution >= 0.6 is 11.6 Å². The summed E-state index contributed by atoms with van der Waals surface area (Å²) >= 11 is 5.77. The summed E-state index contributed by atoms with van der Waals surface area (Å²) in [4.78, 5) is 47.7. The number of ketones is 1. The zero-order valence-electron chi connectivity index (χ0n) is 17.7. The van der Waals surface area contributed by atoms with Crippen molar-refractivity contribution < 1.29 is 23.9 Å². The maximum atomic E-state index is 12.1. The molecule has 0 radical (unpaired) electrons. The number of carbonyl (C=O) groups excluding carboxylic acids is 4. The summed E-state index contributed by atoms with van der Waals surface area (Å²) in [6, 6.07) is 10.3. The number of anilines is 1. The molecular weight excluding hydrogens is 420 g/mol. The fourth-order valence-corrected chi connectivity index (χ4v) is 3.13. The Balaban J connectivity index is 1.69. The van der Waals surface area contributed by atoms with E-state index in [0.717, 1.165) is 16.7 Å². The van der Waals surface area contributed by atoms with Gasteiger partial charge in [0.2, 0.25) is 5.91 Å². The summed E-state index contributed by atoms with van der Waals surface area (Å²) in [6.07, 6.45) is -0.194. The molecule has 2 N–H and O–H groups in total. The molecule has 31 heavy (non-hydrogen) atoms. The summed E-state index contributed by atoms with van der Waals surface area (Å²) in [6.45, 7) is 4.99. The molecule has 0 aromatic heterocycles. The third-order valence-corrected chi connectivity index (χ3v) is 4.73. The monoisotopic (exact) mass is 444 g/mol. The predicted molar refractivity (Wildman–Crippen MR) is 118 cm³/mol. The lowest BCUT2D eigenvalue weighted by atomic mass is 10.1. The molecule has 0 unspecified atom stereocenters. The van der Waals surface area contributed by atoms with Crippen LogP contribution in [-0.4, -0.2) is 36.7 Å². The molecule has 0 aliphatic rings. The lowest BCUT2D eigenvalue weighted by Crippen LogP contribution is -2.35. The smallest absolute Gasteiger partial charge is 0.306 e. The Labute approximate surface area is 186 Å². The molecule has 2 rings (SSSR count). The molecule has 0 atom stereocenters. The van der Waals surface area contributed by atoms with Gasteiger partial charge in [0.1, 0.15) is 0 Å². The first-order valence-electron chi connectivity index (χ1n) is 9.74. The first-order valence-corrected chi connectivity index (χ1v) is 10.1. The van der Waals surface area contributed by atoms with Gasteiger partial charge in [0, 0.05) is 22.7 Å². The molecule has 164 valence electrons. The van der Waals surface area contributed by atoms with Crippen molar-refractivity contribution in [1.82, 2.24) is 5.32 Å². The molecule has 0 heterocycles. The van der Waals surface area contributed by atoms with Crippen LogP contribution in [0.4, 0.5) is 5.69 Å². The van der Waals surface area contributed by atoms with Crippen molar-refractivity contribution in [3.8, 4) is 0 Å². The Bertz CT molecular complexity index is 963. The van der Waals surface area contributed by atoms with Crippen LogP contribution in [0.5, 0.6) is 0 Å². The van der Waals surface area contributed by atoms with Crippen molar-refractivity contribution in [2.45, 2.75) is 33.6 Å². The molecule has 2 aromatic rings. The van der Waals surface area contributed by atoms with E-state index in [1.54, 1.807) is 24.3 Å². The van der Waals surface area contributed by atoms with E-state index in [9.17, 15) is 19.2 Å². The first kappa shape index (κ1) is 24.1. The second-order valence-electron chi connectivity index (χ2n) is 7.19. The summed E-state index contributed by atoms with van der Waals surface area (Å²) in [5.41, 5.74) is 4.11. The summed E-state index contributed by atoms with van der Waals surface area (Å²) in [5, 5.41) is 5.68. The van der Waals surface area contributed by atoms with Gasteiger partial charge in [-0.25, -0.2) is 0 Å². The Morgan fingerprint density at radius 2 is 1.52 bits per heavy atom. The van der Waals surface area contributed by atoms with Crippen molar-refractivity contribution in [2.24, 2.45) is 0 Å². The summed E-state index contributed by atoms with van der Waals surface area (Å²) in [5.74, 6) is -1.89. The molecule has 0 aliphatic carbocycles. The largest absolute Gasteiger partial charge is 0.456 e. The average Bonchev–Trinajstić information content (AvgIpc) is 2.72. The van der Waals surface area contributed by atoms with Crippen molar-refractivity contribution >= 4 is 40.9 Å². The first-order chi connectivity index (χ1) is 14.7. The lowest BCUT2D eigenvalue weighted by Gasteiger charge is -2.13. The van der Waals surface area contributed by atoms with E-state index in [0.29, 0.717) is 16.3 Å². The van der Waals surface area contributed by atoms with Gasteiger partial charge in [-0.1, -0.05) is 29.3 Å². The minimum absolute atomic E-state index is 0.0419. The van der Waals surface area contributed by atoms with E-state index in [4.69, 9.17) is 16.3 Å². The number of nitrogens with one attached hydrogen (secondary N) is 2. The molecule has 2 aromatic carbocycles. The van der Waals surface area contributed by atoms with Crippen LogP contribution in [0.25, 0.3) is 0 Å². The van der Waals surface area contributed by atoms with Crippen LogP contribution in [0.2, 0.25) is 5.02 Å². The van der Waals surface area contributed by atoms with E-state index in [1.165, 1.54) is 0 Å². The molecule has 0 fully saturated rings. The van der Waals surface area contributed by atoms with Crippen molar-refractivity contribution in [2.75, 3.05) is 18.5 Å². The fraction of sp³-hybridized carbons (Fsp3) is 0.304. The van der Waals surface area contributed by atoms with Crippen LogP contribution in [0.15, 0.2) is 36.4 Å². The number of Topliss-reactive ketones (excluding diaryl/α,β-unsaturated/α-hetero) is 1. The number of rotatable bonds is 9. The lowest BCUT2D eigenvalue weighted by molar-refractivity contribution is -0.148. The number of hydrogen-bond donors (Lipinski definition) is 2. The van der Waals surface area contributed by atoms with E-state index < -0.39 is 18.5 Å². The third-order valence-electron chi connectivity index (χ3n) is 4.47. The van der Waals surface area contributed by atoms with Gasteiger partial charge in [-0.05, 0) is 56.2 Å².